The average molecular weight is 181 g/mol. The van der Waals surface area contributed by atoms with Crippen molar-refractivity contribution < 1.29 is 0 Å². The minimum atomic E-state index is 1.68. The largest absolute Gasteiger partial charge is 0.264 e. The molecule has 1 nitrogen and oxygen atoms in total. The van der Waals surface area contributed by atoms with Gasteiger partial charge in [-0.25, -0.2) is 0 Å². The second-order valence-electron chi connectivity index (χ2n) is 2.41. The first-order chi connectivity index (χ1) is 7.00. The van der Waals surface area contributed by atoms with Gasteiger partial charge < -0.3 is 0 Å². The molecule has 0 spiro atoms. The third-order valence-corrected chi connectivity index (χ3v) is 1.34. The maximum absolute atomic E-state index is 3.99. The molecule has 0 aliphatic carbocycles. The Morgan fingerprint density at radius 1 is 0.643 bits per heavy atom. The summed E-state index contributed by atoms with van der Waals surface area (Å²) in [5, 5.41) is 0. The molecule has 0 saturated heterocycles. The van der Waals surface area contributed by atoms with Crippen LogP contribution in [0.1, 0.15) is 0 Å². The summed E-state index contributed by atoms with van der Waals surface area (Å²) in [7, 11) is 0. The van der Waals surface area contributed by atoms with E-state index in [1.807, 2.05) is 42.5 Å². The summed E-state index contributed by atoms with van der Waals surface area (Å²) in [6.45, 7) is 0. The van der Waals surface area contributed by atoms with Crippen molar-refractivity contribution in [3.05, 3.63) is 72.3 Å². The molecule has 0 atom stereocenters. The number of nitrogens with zero attached hydrogens (tertiary/aromatic N) is 1. The maximum Gasteiger partial charge on any atom is 0.0344 e. The number of hydrogen-bond donors (Lipinski definition) is 0. The van der Waals surface area contributed by atoms with Crippen molar-refractivity contribution in [3.8, 4) is 0 Å². The zero-order valence-corrected chi connectivity index (χ0v) is 7.80. The molecule has 1 aliphatic rings. The number of hydrogen-bond acceptors (Lipinski definition) is 1. The minimum Gasteiger partial charge on any atom is -0.264 e. The molecule has 0 fully saturated rings. The van der Waals surface area contributed by atoms with Gasteiger partial charge in [-0.2, -0.15) is 0 Å². The van der Waals surface area contributed by atoms with Crippen molar-refractivity contribution >= 4 is 6.21 Å². The molecule has 0 radical (unpaired) electrons. The van der Waals surface area contributed by atoms with E-state index in [0.29, 0.717) is 0 Å². The van der Waals surface area contributed by atoms with Crippen LogP contribution in [0.3, 0.4) is 0 Å². The highest BCUT2D eigenvalue weighted by Gasteiger charge is 1.63. The van der Waals surface area contributed by atoms with Crippen molar-refractivity contribution in [2.75, 3.05) is 0 Å². The summed E-state index contributed by atoms with van der Waals surface area (Å²) in [4.78, 5) is 3.99. The monoisotopic (exact) mass is 181 g/mol. The van der Waals surface area contributed by atoms with E-state index in [2.05, 4.69) is 16.5 Å². The molecule has 1 rings (SSSR count). The lowest BCUT2D eigenvalue weighted by Crippen LogP contribution is -1.58. The van der Waals surface area contributed by atoms with Gasteiger partial charge in [-0.1, -0.05) is 24.3 Å². The van der Waals surface area contributed by atoms with Crippen molar-refractivity contribution in [1.82, 2.24) is 0 Å². The lowest BCUT2D eigenvalue weighted by Gasteiger charge is -1.73. The standard InChI is InChI=1S/C13H11N/c1-2-4-6-8-10-12-14-13-11-9-7-5-3-1/h1-6,9-13H/b3-1-,4-2-,13-11-,14-12?. The molecule has 1 aliphatic heterocycles. The first kappa shape index (κ1) is 10.0. The Morgan fingerprint density at radius 3 is 2.07 bits per heavy atom. The van der Waals surface area contributed by atoms with Crippen LogP contribution < -0.4 is 0 Å². The second-order valence-corrected chi connectivity index (χ2v) is 2.41. The van der Waals surface area contributed by atoms with Crippen LogP contribution in [-0.2, 0) is 0 Å². The highest BCUT2D eigenvalue weighted by Crippen LogP contribution is 1.82. The second kappa shape index (κ2) is 7.57. The lowest BCUT2D eigenvalue weighted by molar-refractivity contribution is 1.60. The van der Waals surface area contributed by atoms with Crippen LogP contribution in [0, 0.1) is 0 Å². The Morgan fingerprint density at radius 2 is 1.29 bits per heavy atom. The van der Waals surface area contributed by atoms with Gasteiger partial charge in [0.1, 0.15) is 0 Å². The molecular weight excluding hydrogens is 170 g/mol. The molecule has 0 amide bonds. The van der Waals surface area contributed by atoms with Gasteiger partial charge in [0.2, 0.25) is 0 Å². The van der Waals surface area contributed by atoms with E-state index in [1.54, 1.807) is 24.6 Å². The van der Waals surface area contributed by atoms with Crippen LogP contribution in [0.25, 0.3) is 0 Å². The van der Waals surface area contributed by atoms with E-state index in [0.717, 1.165) is 0 Å². The zero-order chi connectivity index (χ0) is 9.90. The fourth-order valence-corrected chi connectivity index (χ4v) is 0.746. The van der Waals surface area contributed by atoms with E-state index in [9.17, 15) is 0 Å². The summed E-state index contributed by atoms with van der Waals surface area (Å²) in [6, 6.07) is 0. The summed E-state index contributed by atoms with van der Waals surface area (Å²) in [6.07, 6.45) is 20.1. The fraction of sp³-hybridized carbons (Fsp3) is 0. The average Bonchev–Trinajstić information content (AvgIpc) is 2.22. The molecule has 0 N–H and O–H groups in total. The Labute approximate surface area is 84.2 Å². The van der Waals surface area contributed by atoms with Crippen molar-refractivity contribution in [3.63, 3.8) is 0 Å². The Balaban J connectivity index is 2.80. The first-order valence-corrected chi connectivity index (χ1v) is 4.34. The summed E-state index contributed by atoms with van der Waals surface area (Å²) in [5.74, 6) is 0. The fourth-order valence-electron chi connectivity index (χ4n) is 0.746. The van der Waals surface area contributed by atoms with Gasteiger partial charge in [-0.15, -0.1) is 11.5 Å². The van der Waals surface area contributed by atoms with Gasteiger partial charge in [-0.3, -0.25) is 4.99 Å². The minimum absolute atomic E-state index is 1.68. The topological polar surface area (TPSA) is 12.4 Å². The van der Waals surface area contributed by atoms with Crippen LogP contribution >= 0.6 is 0 Å². The quantitative estimate of drug-likeness (QED) is 0.509. The zero-order valence-electron chi connectivity index (χ0n) is 7.80. The van der Waals surface area contributed by atoms with Gasteiger partial charge in [-0.05, 0) is 30.4 Å². The maximum atomic E-state index is 3.99. The Hall–Kier alpha value is -2.07. The van der Waals surface area contributed by atoms with Crippen LogP contribution in [0.15, 0.2) is 77.3 Å². The predicted molar refractivity (Wildman–Crippen MR) is 61.2 cm³/mol. The molecule has 14 heavy (non-hydrogen) atoms. The molecular formula is C13H11N. The molecule has 0 saturated carbocycles. The number of rotatable bonds is 0. The van der Waals surface area contributed by atoms with Crippen molar-refractivity contribution in [2.24, 2.45) is 4.99 Å². The summed E-state index contributed by atoms with van der Waals surface area (Å²) < 4.78 is 0. The predicted octanol–water partition coefficient (Wildman–Crippen LogP) is 3.12. The van der Waals surface area contributed by atoms with E-state index in [4.69, 9.17) is 0 Å². The molecule has 0 aromatic rings. The van der Waals surface area contributed by atoms with Crippen molar-refractivity contribution in [2.45, 2.75) is 0 Å². The van der Waals surface area contributed by atoms with E-state index < -0.39 is 0 Å². The van der Waals surface area contributed by atoms with E-state index in [-0.39, 0.29) is 0 Å². The Bertz CT molecular complexity index is 319. The molecule has 0 aromatic carbocycles. The normalized spacial score (nSPS) is 21.7. The molecule has 0 aromatic heterocycles. The van der Waals surface area contributed by atoms with Crippen LogP contribution in [0.2, 0.25) is 0 Å². The third-order valence-electron chi connectivity index (χ3n) is 1.34. The molecule has 0 unspecified atom stereocenters. The van der Waals surface area contributed by atoms with E-state index >= 15 is 0 Å². The van der Waals surface area contributed by atoms with Gasteiger partial charge in [0.25, 0.3) is 0 Å². The van der Waals surface area contributed by atoms with Gasteiger partial charge in [0.05, 0.1) is 0 Å². The van der Waals surface area contributed by atoms with Gasteiger partial charge in [0, 0.05) is 12.4 Å². The van der Waals surface area contributed by atoms with Gasteiger partial charge >= 0.3 is 0 Å². The molecule has 0 bridgehead atoms. The highest BCUT2D eigenvalue weighted by atomic mass is 14.6. The van der Waals surface area contributed by atoms with Crippen molar-refractivity contribution in [1.29, 1.82) is 0 Å². The van der Waals surface area contributed by atoms with E-state index in [1.165, 1.54) is 0 Å². The smallest absolute Gasteiger partial charge is 0.0344 e. The van der Waals surface area contributed by atoms with Crippen LogP contribution in [-0.4, -0.2) is 6.21 Å². The molecule has 1 heterocycles. The van der Waals surface area contributed by atoms with Gasteiger partial charge in [0.15, 0.2) is 0 Å². The third kappa shape index (κ3) is 5.56. The highest BCUT2D eigenvalue weighted by molar-refractivity contribution is 5.71. The van der Waals surface area contributed by atoms with Crippen LogP contribution in [0.5, 0.6) is 0 Å². The molecule has 1 heteroatoms. The summed E-state index contributed by atoms with van der Waals surface area (Å²) >= 11 is 0. The van der Waals surface area contributed by atoms with Crippen LogP contribution in [0.4, 0.5) is 0 Å². The number of allylic oxidation sites excluding steroid dienone is 7. The summed E-state index contributed by atoms with van der Waals surface area (Å²) in [5.41, 5.74) is 5.92. The number of aliphatic imine (C=N–C) groups is 1. The SMILES string of the molecule is C1=CC=N/C=C\C=C=C/C=C\C=C/C=1. The lowest BCUT2D eigenvalue weighted by atomic mass is 10.4. The first-order valence-electron chi connectivity index (χ1n) is 4.34. The molecule has 68 valence electrons. The Kier molecular flexibility index (Phi) is 5.42.